The highest BCUT2D eigenvalue weighted by Gasteiger charge is 2.02. The Labute approximate surface area is 94.3 Å². The van der Waals surface area contributed by atoms with E-state index < -0.39 is 0 Å². The predicted molar refractivity (Wildman–Crippen MR) is 61.3 cm³/mol. The van der Waals surface area contributed by atoms with Crippen molar-refractivity contribution in [1.82, 2.24) is 9.36 Å². The largest absolute Gasteiger partial charge is 0.367 e. The number of halogens is 1. The van der Waals surface area contributed by atoms with E-state index in [2.05, 4.69) is 37.4 Å². The van der Waals surface area contributed by atoms with Gasteiger partial charge in [-0.1, -0.05) is 28.1 Å². The van der Waals surface area contributed by atoms with E-state index in [1.54, 1.807) is 0 Å². The third kappa shape index (κ3) is 2.30. The molecule has 0 unspecified atom stereocenters. The molecule has 0 bridgehead atoms. The Morgan fingerprint density at radius 1 is 1.43 bits per heavy atom. The maximum atomic E-state index is 5.44. The lowest BCUT2D eigenvalue weighted by Gasteiger charge is -1.97. The molecule has 1 aromatic carbocycles. The second-order valence-corrected chi connectivity index (χ2v) is 4.61. The van der Waals surface area contributed by atoms with Gasteiger partial charge in [0.25, 0.3) is 0 Å². The normalized spacial score (nSPS) is 10.4. The van der Waals surface area contributed by atoms with E-state index in [-0.39, 0.29) is 0 Å². The van der Waals surface area contributed by atoms with Gasteiger partial charge in [-0.15, -0.1) is 0 Å². The van der Waals surface area contributed by atoms with Crippen molar-refractivity contribution in [3.8, 4) is 0 Å². The van der Waals surface area contributed by atoms with Gasteiger partial charge in [-0.25, -0.2) is 4.98 Å². The molecule has 0 aliphatic rings. The van der Waals surface area contributed by atoms with Crippen LogP contribution in [0.2, 0.25) is 0 Å². The highest BCUT2D eigenvalue weighted by molar-refractivity contribution is 9.10. The summed E-state index contributed by atoms with van der Waals surface area (Å²) in [5.41, 5.74) is 6.65. The standard InChI is InChI=1S/C9H8BrN3S/c10-7-3-1-2-6(4-7)5-8-12-9(11)13-14-8/h1-4H,5H2,(H2,11,13). The number of nitrogens with zero attached hydrogens (tertiary/aromatic N) is 2. The van der Waals surface area contributed by atoms with Gasteiger partial charge in [0.2, 0.25) is 5.95 Å². The van der Waals surface area contributed by atoms with Gasteiger partial charge in [-0.3, -0.25) is 0 Å². The highest BCUT2D eigenvalue weighted by atomic mass is 79.9. The molecule has 5 heteroatoms. The van der Waals surface area contributed by atoms with Crippen molar-refractivity contribution in [2.75, 3.05) is 5.73 Å². The summed E-state index contributed by atoms with van der Waals surface area (Å²) in [7, 11) is 0. The quantitative estimate of drug-likeness (QED) is 0.912. The molecular formula is C9H8BrN3S. The van der Waals surface area contributed by atoms with Crippen LogP contribution in [0, 0.1) is 0 Å². The number of hydrogen-bond acceptors (Lipinski definition) is 4. The van der Waals surface area contributed by atoms with E-state index in [1.165, 1.54) is 17.1 Å². The van der Waals surface area contributed by atoms with Crippen molar-refractivity contribution in [2.45, 2.75) is 6.42 Å². The van der Waals surface area contributed by atoms with Crippen molar-refractivity contribution in [3.05, 3.63) is 39.3 Å². The van der Waals surface area contributed by atoms with Crippen LogP contribution < -0.4 is 5.73 Å². The van der Waals surface area contributed by atoms with E-state index in [1.807, 2.05) is 12.1 Å². The molecule has 0 aliphatic carbocycles. The van der Waals surface area contributed by atoms with Gasteiger partial charge in [0.05, 0.1) is 0 Å². The van der Waals surface area contributed by atoms with E-state index >= 15 is 0 Å². The molecule has 1 aromatic heterocycles. The zero-order valence-corrected chi connectivity index (χ0v) is 9.68. The van der Waals surface area contributed by atoms with Crippen LogP contribution in [-0.4, -0.2) is 9.36 Å². The SMILES string of the molecule is Nc1nsc(Cc2cccc(Br)c2)n1. The Bertz CT molecular complexity index is 441. The van der Waals surface area contributed by atoms with Gasteiger partial charge in [0, 0.05) is 10.9 Å². The second kappa shape index (κ2) is 4.06. The first kappa shape index (κ1) is 9.61. The first-order valence-electron chi connectivity index (χ1n) is 4.06. The van der Waals surface area contributed by atoms with Gasteiger partial charge < -0.3 is 5.73 Å². The highest BCUT2D eigenvalue weighted by Crippen LogP contribution is 2.16. The van der Waals surface area contributed by atoms with E-state index in [9.17, 15) is 0 Å². The lowest BCUT2D eigenvalue weighted by Crippen LogP contribution is -1.89. The van der Waals surface area contributed by atoms with Crippen molar-refractivity contribution < 1.29 is 0 Å². The molecule has 72 valence electrons. The number of rotatable bonds is 2. The number of hydrogen-bond donors (Lipinski definition) is 1. The van der Waals surface area contributed by atoms with Crippen LogP contribution in [-0.2, 0) is 6.42 Å². The summed E-state index contributed by atoms with van der Waals surface area (Å²) in [6.45, 7) is 0. The van der Waals surface area contributed by atoms with E-state index in [4.69, 9.17) is 5.73 Å². The maximum absolute atomic E-state index is 5.44. The Morgan fingerprint density at radius 2 is 2.29 bits per heavy atom. The molecular weight excluding hydrogens is 262 g/mol. The number of benzene rings is 1. The van der Waals surface area contributed by atoms with Crippen LogP contribution >= 0.6 is 27.5 Å². The van der Waals surface area contributed by atoms with E-state index in [0.29, 0.717) is 5.95 Å². The van der Waals surface area contributed by atoms with Gasteiger partial charge in [-0.05, 0) is 29.2 Å². The first-order chi connectivity index (χ1) is 6.74. The predicted octanol–water partition coefficient (Wildman–Crippen LogP) is 2.47. The second-order valence-electron chi connectivity index (χ2n) is 2.85. The minimum atomic E-state index is 0.361. The molecule has 0 saturated heterocycles. The Kier molecular flexibility index (Phi) is 2.79. The molecule has 14 heavy (non-hydrogen) atoms. The molecule has 3 nitrogen and oxygen atoms in total. The monoisotopic (exact) mass is 269 g/mol. The van der Waals surface area contributed by atoms with E-state index in [0.717, 1.165) is 15.9 Å². The molecule has 0 saturated carbocycles. The molecule has 0 spiro atoms. The molecule has 0 fully saturated rings. The zero-order chi connectivity index (χ0) is 9.97. The smallest absolute Gasteiger partial charge is 0.232 e. The third-order valence-electron chi connectivity index (χ3n) is 1.73. The molecule has 0 atom stereocenters. The lowest BCUT2D eigenvalue weighted by atomic mass is 10.2. The molecule has 0 radical (unpaired) electrons. The molecule has 2 rings (SSSR count). The van der Waals surface area contributed by atoms with Crippen LogP contribution in [0.4, 0.5) is 5.95 Å². The topological polar surface area (TPSA) is 51.8 Å². The number of aromatic nitrogens is 2. The fourth-order valence-corrected chi connectivity index (χ4v) is 2.21. The van der Waals surface area contributed by atoms with Crippen LogP contribution in [0.3, 0.4) is 0 Å². The van der Waals surface area contributed by atoms with Crippen LogP contribution in [0.25, 0.3) is 0 Å². The summed E-state index contributed by atoms with van der Waals surface area (Å²) in [4.78, 5) is 4.11. The summed E-state index contributed by atoms with van der Waals surface area (Å²) >= 11 is 4.77. The Hall–Kier alpha value is -0.940. The number of nitrogens with two attached hydrogens (primary N) is 1. The minimum Gasteiger partial charge on any atom is -0.367 e. The number of anilines is 1. The maximum Gasteiger partial charge on any atom is 0.232 e. The fraction of sp³-hybridized carbons (Fsp3) is 0.111. The zero-order valence-electron chi connectivity index (χ0n) is 7.27. The van der Waals surface area contributed by atoms with Gasteiger partial charge in [-0.2, -0.15) is 4.37 Å². The van der Waals surface area contributed by atoms with Crippen molar-refractivity contribution in [2.24, 2.45) is 0 Å². The minimum absolute atomic E-state index is 0.361. The number of nitrogen functional groups attached to an aromatic ring is 1. The van der Waals surface area contributed by atoms with Crippen molar-refractivity contribution >= 4 is 33.4 Å². The average molecular weight is 270 g/mol. The Morgan fingerprint density at radius 3 is 2.93 bits per heavy atom. The lowest BCUT2D eigenvalue weighted by molar-refractivity contribution is 1.13. The average Bonchev–Trinajstić information content (AvgIpc) is 2.51. The first-order valence-corrected chi connectivity index (χ1v) is 5.63. The summed E-state index contributed by atoms with van der Waals surface area (Å²) in [5.74, 6) is 0.361. The van der Waals surface area contributed by atoms with Gasteiger partial charge in [0.1, 0.15) is 5.01 Å². The Balaban J connectivity index is 2.18. The molecule has 0 amide bonds. The molecule has 2 N–H and O–H groups in total. The molecule has 0 aliphatic heterocycles. The summed E-state index contributed by atoms with van der Waals surface area (Å²) in [5, 5.41) is 0.945. The van der Waals surface area contributed by atoms with Crippen LogP contribution in [0.15, 0.2) is 28.7 Å². The summed E-state index contributed by atoms with van der Waals surface area (Å²) in [6, 6.07) is 8.13. The van der Waals surface area contributed by atoms with Crippen molar-refractivity contribution in [1.29, 1.82) is 0 Å². The molecule has 2 aromatic rings. The third-order valence-corrected chi connectivity index (χ3v) is 2.95. The summed E-state index contributed by atoms with van der Waals surface area (Å²) < 4.78 is 5.01. The van der Waals surface area contributed by atoms with Gasteiger partial charge in [0.15, 0.2) is 0 Å². The van der Waals surface area contributed by atoms with Crippen LogP contribution in [0.1, 0.15) is 10.6 Å². The molecule has 1 heterocycles. The van der Waals surface area contributed by atoms with Crippen LogP contribution in [0.5, 0.6) is 0 Å². The summed E-state index contributed by atoms with van der Waals surface area (Å²) in [6.07, 6.45) is 0.786. The fourth-order valence-electron chi connectivity index (χ4n) is 1.16. The van der Waals surface area contributed by atoms with Crippen molar-refractivity contribution in [3.63, 3.8) is 0 Å². The van der Waals surface area contributed by atoms with Gasteiger partial charge >= 0.3 is 0 Å².